The minimum absolute atomic E-state index is 0.156. The van der Waals surface area contributed by atoms with Crippen molar-refractivity contribution >= 4 is 28.4 Å². The van der Waals surface area contributed by atoms with Crippen LogP contribution in [0.4, 0.5) is 5.69 Å². The molecule has 3 rings (SSSR count). The van der Waals surface area contributed by atoms with Crippen molar-refractivity contribution in [2.75, 3.05) is 19.0 Å². The molecule has 0 radical (unpaired) electrons. The van der Waals surface area contributed by atoms with Crippen LogP contribution in [0, 0.1) is 13.8 Å². The third-order valence-corrected chi connectivity index (χ3v) is 4.42. The number of fused-ring (bicyclic) bond motifs is 1. The average molecular weight is 377 g/mol. The van der Waals surface area contributed by atoms with E-state index in [9.17, 15) is 9.59 Å². The number of anilines is 1. The number of aromatic nitrogens is 1. The highest BCUT2D eigenvalue weighted by molar-refractivity contribution is 5.99. The summed E-state index contributed by atoms with van der Waals surface area (Å²) in [6.45, 7) is 4.03. The van der Waals surface area contributed by atoms with E-state index < -0.39 is 0 Å². The van der Waals surface area contributed by atoms with Crippen LogP contribution in [0.25, 0.3) is 10.9 Å². The lowest BCUT2D eigenvalue weighted by Gasteiger charge is -2.11. The summed E-state index contributed by atoms with van der Waals surface area (Å²) in [5, 5.41) is 6.50. The van der Waals surface area contributed by atoms with Gasteiger partial charge in [-0.15, -0.1) is 0 Å². The molecule has 0 unspecified atom stereocenters. The Morgan fingerprint density at radius 3 is 2.64 bits per heavy atom. The second kappa shape index (κ2) is 8.52. The zero-order valence-electron chi connectivity index (χ0n) is 16.2. The van der Waals surface area contributed by atoms with Gasteiger partial charge in [0.25, 0.3) is 5.91 Å². The average Bonchev–Trinajstić information content (AvgIpc) is 2.68. The lowest BCUT2D eigenvalue weighted by molar-refractivity contribution is -0.116. The van der Waals surface area contributed by atoms with Crippen molar-refractivity contribution in [2.45, 2.75) is 20.3 Å². The van der Waals surface area contributed by atoms with E-state index in [0.29, 0.717) is 22.7 Å². The minimum atomic E-state index is -0.238. The Labute approximate surface area is 163 Å². The van der Waals surface area contributed by atoms with Gasteiger partial charge >= 0.3 is 0 Å². The highest BCUT2D eigenvalue weighted by atomic mass is 16.5. The molecule has 0 aliphatic rings. The van der Waals surface area contributed by atoms with E-state index in [1.165, 1.54) is 0 Å². The van der Waals surface area contributed by atoms with Gasteiger partial charge in [-0.3, -0.25) is 14.6 Å². The normalized spacial score (nSPS) is 10.5. The molecule has 0 fully saturated rings. The monoisotopic (exact) mass is 377 g/mol. The molecule has 2 aromatic carbocycles. The third kappa shape index (κ3) is 4.46. The number of methoxy groups -OCH3 is 1. The van der Waals surface area contributed by atoms with Crippen LogP contribution >= 0.6 is 0 Å². The first-order valence-corrected chi connectivity index (χ1v) is 9.07. The molecule has 2 amide bonds. The lowest BCUT2D eigenvalue weighted by atomic mass is 10.1. The number of aryl methyl sites for hydroxylation is 2. The predicted octanol–water partition coefficient (Wildman–Crippen LogP) is 3.62. The van der Waals surface area contributed by atoms with Crippen LogP contribution < -0.4 is 15.4 Å². The number of hydrogen-bond donors (Lipinski definition) is 2. The molecule has 0 saturated carbocycles. The summed E-state index contributed by atoms with van der Waals surface area (Å²) in [5.74, 6) is 0.153. The Morgan fingerprint density at radius 2 is 1.86 bits per heavy atom. The van der Waals surface area contributed by atoms with E-state index in [0.717, 1.165) is 16.5 Å². The molecule has 0 aliphatic heterocycles. The Hall–Kier alpha value is -3.41. The van der Waals surface area contributed by atoms with E-state index >= 15 is 0 Å². The summed E-state index contributed by atoms with van der Waals surface area (Å²) in [6, 6.07) is 15.0. The van der Waals surface area contributed by atoms with Crippen molar-refractivity contribution in [3.8, 4) is 5.75 Å². The Balaban J connectivity index is 1.60. The summed E-state index contributed by atoms with van der Waals surface area (Å²) in [7, 11) is 1.55. The molecule has 144 valence electrons. The second-order valence-electron chi connectivity index (χ2n) is 6.57. The highest BCUT2D eigenvalue weighted by Crippen LogP contribution is 2.23. The molecule has 0 bridgehead atoms. The van der Waals surface area contributed by atoms with Crippen molar-refractivity contribution in [3.63, 3.8) is 0 Å². The maximum absolute atomic E-state index is 12.5. The van der Waals surface area contributed by atoms with Crippen LogP contribution in [0.1, 0.15) is 28.0 Å². The smallest absolute Gasteiger partial charge is 0.253 e. The number of nitrogens with one attached hydrogen (secondary N) is 2. The Morgan fingerprint density at radius 1 is 1.07 bits per heavy atom. The summed E-state index contributed by atoms with van der Waals surface area (Å²) in [4.78, 5) is 29.2. The number of carbonyl (C=O) groups excluding carboxylic acids is 2. The first kappa shape index (κ1) is 19.4. The predicted molar refractivity (Wildman–Crippen MR) is 110 cm³/mol. The summed E-state index contributed by atoms with van der Waals surface area (Å²) in [6.07, 6.45) is 0.156. The molecular formula is C22H23N3O3. The molecule has 2 N–H and O–H groups in total. The molecule has 28 heavy (non-hydrogen) atoms. The van der Waals surface area contributed by atoms with Gasteiger partial charge < -0.3 is 15.4 Å². The minimum Gasteiger partial charge on any atom is -0.495 e. The Bertz CT molecular complexity index is 1030. The number of pyridine rings is 1. The number of para-hydroxylation sites is 2. The van der Waals surface area contributed by atoms with Crippen LogP contribution in [0.15, 0.2) is 48.5 Å². The Kier molecular flexibility index (Phi) is 5.89. The van der Waals surface area contributed by atoms with Gasteiger partial charge in [-0.2, -0.15) is 0 Å². The van der Waals surface area contributed by atoms with E-state index in [-0.39, 0.29) is 24.8 Å². The number of rotatable bonds is 6. The van der Waals surface area contributed by atoms with Gasteiger partial charge in [-0.1, -0.05) is 23.8 Å². The van der Waals surface area contributed by atoms with E-state index in [1.54, 1.807) is 19.2 Å². The number of amides is 2. The number of benzene rings is 2. The summed E-state index contributed by atoms with van der Waals surface area (Å²) in [5.41, 5.74) is 3.75. The van der Waals surface area contributed by atoms with Crippen LogP contribution in [0.3, 0.4) is 0 Å². The molecule has 3 aromatic rings. The molecule has 6 heteroatoms. The number of carbonyl (C=O) groups is 2. The van der Waals surface area contributed by atoms with Gasteiger partial charge in [-0.05, 0) is 44.2 Å². The summed E-state index contributed by atoms with van der Waals surface area (Å²) >= 11 is 0. The topological polar surface area (TPSA) is 80.3 Å². The first-order valence-electron chi connectivity index (χ1n) is 9.07. The van der Waals surface area contributed by atoms with Crippen molar-refractivity contribution in [2.24, 2.45) is 0 Å². The van der Waals surface area contributed by atoms with E-state index in [1.807, 2.05) is 50.2 Å². The number of ether oxygens (including phenoxy) is 1. The van der Waals surface area contributed by atoms with Crippen LogP contribution in [-0.4, -0.2) is 30.5 Å². The zero-order valence-corrected chi connectivity index (χ0v) is 16.2. The van der Waals surface area contributed by atoms with Gasteiger partial charge in [0, 0.05) is 18.4 Å². The fourth-order valence-corrected chi connectivity index (χ4v) is 2.97. The van der Waals surface area contributed by atoms with E-state index in [4.69, 9.17) is 4.74 Å². The lowest BCUT2D eigenvalue weighted by Crippen LogP contribution is -2.28. The molecular weight excluding hydrogens is 354 g/mol. The van der Waals surface area contributed by atoms with Gasteiger partial charge in [0.2, 0.25) is 5.91 Å². The molecule has 1 heterocycles. The zero-order chi connectivity index (χ0) is 20.1. The van der Waals surface area contributed by atoms with Crippen LogP contribution in [0.2, 0.25) is 0 Å². The molecule has 0 atom stereocenters. The van der Waals surface area contributed by atoms with Crippen LogP contribution in [0.5, 0.6) is 5.75 Å². The number of nitrogens with zero attached hydrogens (tertiary/aromatic N) is 1. The highest BCUT2D eigenvalue weighted by Gasteiger charge is 2.13. The van der Waals surface area contributed by atoms with Gasteiger partial charge in [0.1, 0.15) is 5.75 Å². The fourth-order valence-electron chi connectivity index (χ4n) is 2.97. The van der Waals surface area contributed by atoms with Gasteiger partial charge in [-0.25, -0.2) is 0 Å². The van der Waals surface area contributed by atoms with Gasteiger partial charge in [0.05, 0.1) is 29.6 Å². The first-order chi connectivity index (χ1) is 13.5. The quantitative estimate of drug-likeness (QED) is 0.688. The van der Waals surface area contributed by atoms with Crippen LogP contribution in [-0.2, 0) is 4.79 Å². The molecule has 0 aliphatic carbocycles. The second-order valence-corrected chi connectivity index (χ2v) is 6.57. The van der Waals surface area contributed by atoms with Crippen molar-refractivity contribution < 1.29 is 14.3 Å². The van der Waals surface area contributed by atoms with Crippen molar-refractivity contribution in [1.29, 1.82) is 0 Å². The number of hydrogen-bond acceptors (Lipinski definition) is 4. The van der Waals surface area contributed by atoms with Gasteiger partial charge in [0.15, 0.2) is 0 Å². The maximum Gasteiger partial charge on any atom is 0.253 e. The summed E-state index contributed by atoms with van der Waals surface area (Å²) < 4.78 is 5.21. The van der Waals surface area contributed by atoms with Crippen molar-refractivity contribution in [3.05, 3.63) is 65.4 Å². The third-order valence-electron chi connectivity index (χ3n) is 4.42. The largest absolute Gasteiger partial charge is 0.495 e. The SMILES string of the molecule is COc1ccccc1NC(=O)CCNC(=O)c1cc2cc(C)ccc2nc1C. The standard InChI is InChI=1S/C22H23N3O3/c1-14-8-9-18-16(12-14)13-17(15(2)24-18)22(27)23-11-10-21(26)25-19-6-4-5-7-20(19)28-3/h4-9,12-13H,10-11H2,1-3H3,(H,23,27)(H,25,26). The van der Waals surface area contributed by atoms with Crippen molar-refractivity contribution in [1.82, 2.24) is 10.3 Å². The van der Waals surface area contributed by atoms with E-state index in [2.05, 4.69) is 15.6 Å². The fraction of sp³-hybridized carbons (Fsp3) is 0.227. The maximum atomic E-state index is 12.5. The molecule has 0 saturated heterocycles. The molecule has 0 spiro atoms. The molecule has 6 nitrogen and oxygen atoms in total. The molecule has 1 aromatic heterocycles.